The van der Waals surface area contributed by atoms with Gasteiger partial charge in [-0.1, -0.05) is 6.07 Å². The van der Waals surface area contributed by atoms with E-state index in [0.717, 1.165) is 13.0 Å². The van der Waals surface area contributed by atoms with E-state index in [1.807, 2.05) is 0 Å². The van der Waals surface area contributed by atoms with Gasteiger partial charge in [-0.2, -0.15) is 8.78 Å². The molecule has 0 aromatic heterocycles. The number of rotatable bonds is 5. The summed E-state index contributed by atoms with van der Waals surface area (Å²) >= 11 is 0. The fourth-order valence-electron chi connectivity index (χ4n) is 2.12. The van der Waals surface area contributed by atoms with Gasteiger partial charge in [0.1, 0.15) is 5.75 Å². The first kappa shape index (κ1) is 15.5. The molecule has 2 N–H and O–H groups in total. The Morgan fingerprint density at radius 2 is 2.33 bits per heavy atom. The number of alkyl halides is 2. The van der Waals surface area contributed by atoms with Crippen LogP contribution in [0.1, 0.15) is 12.0 Å². The number of carbonyl (C=O) groups is 1. The second kappa shape index (κ2) is 7.21. The van der Waals surface area contributed by atoms with Gasteiger partial charge in [0.2, 0.25) is 0 Å². The summed E-state index contributed by atoms with van der Waals surface area (Å²) in [4.78, 5) is 11.8. The summed E-state index contributed by atoms with van der Waals surface area (Å²) in [6, 6.07) is 4.23. The van der Waals surface area contributed by atoms with Gasteiger partial charge in [0, 0.05) is 30.3 Å². The van der Waals surface area contributed by atoms with Crippen molar-refractivity contribution >= 4 is 11.7 Å². The normalized spacial score (nSPS) is 17.8. The highest BCUT2D eigenvalue weighted by molar-refractivity contribution is 5.90. The summed E-state index contributed by atoms with van der Waals surface area (Å²) in [5.41, 5.74) is 0.894. The van der Waals surface area contributed by atoms with Gasteiger partial charge in [-0.25, -0.2) is 4.79 Å². The first-order valence-corrected chi connectivity index (χ1v) is 6.73. The van der Waals surface area contributed by atoms with Gasteiger partial charge in [-0.05, 0) is 25.5 Å². The van der Waals surface area contributed by atoms with E-state index in [0.29, 0.717) is 30.3 Å². The van der Waals surface area contributed by atoms with E-state index in [2.05, 4.69) is 15.4 Å². The molecule has 0 radical (unpaired) electrons. The lowest BCUT2D eigenvalue weighted by atomic mass is 10.1. The van der Waals surface area contributed by atoms with E-state index in [9.17, 15) is 13.6 Å². The third kappa shape index (κ3) is 4.56. The van der Waals surface area contributed by atoms with Crippen molar-refractivity contribution in [3.05, 3.63) is 23.8 Å². The number of urea groups is 1. The van der Waals surface area contributed by atoms with Gasteiger partial charge >= 0.3 is 12.6 Å². The third-order valence-electron chi connectivity index (χ3n) is 3.32. The minimum atomic E-state index is -2.89. The van der Waals surface area contributed by atoms with Crippen LogP contribution in [0.3, 0.4) is 0 Å². The van der Waals surface area contributed by atoms with Gasteiger partial charge in [-0.3, -0.25) is 0 Å². The van der Waals surface area contributed by atoms with E-state index >= 15 is 0 Å². The topological polar surface area (TPSA) is 59.6 Å². The standard InChI is InChI=1S/C14H18F2N2O3/c1-9-11(3-2-4-12(9)21-13(15)16)18-14(19)17-7-10-5-6-20-8-10/h2-4,10,13H,5-8H2,1H3,(H2,17,18,19)/t10-/m1/s1. The van der Waals surface area contributed by atoms with E-state index in [4.69, 9.17) is 4.74 Å². The molecule has 0 bridgehead atoms. The van der Waals surface area contributed by atoms with Crippen LogP contribution in [0.15, 0.2) is 18.2 Å². The second-order valence-electron chi connectivity index (χ2n) is 4.87. The Balaban J connectivity index is 1.90. The first-order valence-electron chi connectivity index (χ1n) is 6.73. The minimum Gasteiger partial charge on any atom is -0.434 e. The second-order valence-corrected chi connectivity index (χ2v) is 4.87. The predicted molar refractivity (Wildman–Crippen MR) is 73.8 cm³/mol. The van der Waals surface area contributed by atoms with Crippen LogP contribution in [0.5, 0.6) is 5.75 Å². The zero-order valence-corrected chi connectivity index (χ0v) is 11.7. The van der Waals surface area contributed by atoms with Crippen LogP contribution in [0.25, 0.3) is 0 Å². The highest BCUT2D eigenvalue weighted by Crippen LogP contribution is 2.26. The number of halogens is 2. The lowest BCUT2D eigenvalue weighted by molar-refractivity contribution is -0.0502. The largest absolute Gasteiger partial charge is 0.434 e. The van der Waals surface area contributed by atoms with Crippen LogP contribution in [-0.2, 0) is 4.74 Å². The van der Waals surface area contributed by atoms with Gasteiger partial charge in [-0.15, -0.1) is 0 Å². The van der Waals surface area contributed by atoms with Crippen molar-refractivity contribution in [1.82, 2.24) is 5.32 Å². The minimum absolute atomic E-state index is 0.0481. The molecule has 7 heteroatoms. The van der Waals surface area contributed by atoms with Gasteiger partial charge in [0.25, 0.3) is 0 Å². The van der Waals surface area contributed by atoms with Crippen LogP contribution in [0.2, 0.25) is 0 Å². The maximum atomic E-state index is 12.3. The third-order valence-corrected chi connectivity index (χ3v) is 3.32. The predicted octanol–water partition coefficient (Wildman–Crippen LogP) is 2.75. The zero-order chi connectivity index (χ0) is 15.2. The molecule has 5 nitrogen and oxygen atoms in total. The molecule has 0 spiro atoms. The summed E-state index contributed by atoms with van der Waals surface area (Å²) in [5.74, 6) is 0.373. The maximum Gasteiger partial charge on any atom is 0.387 e. The Kier molecular flexibility index (Phi) is 5.32. The molecular formula is C14H18F2N2O3. The van der Waals surface area contributed by atoms with E-state index in [-0.39, 0.29) is 11.8 Å². The van der Waals surface area contributed by atoms with E-state index in [1.54, 1.807) is 19.1 Å². The molecule has 2 rings (SSSR count). The van der Waals surface area contributed by atoms with Crippen LogP contribution in [0, 0.1) is 12.8 Å². The van der Waals surface area contributed by atoms with Crippen LogP contribution in [0.4, 0.5) is 19.3 Å². The van der Waals surface area contributed by atoms with Crippen LogP contribution in [-0.4, -0.2) is 32.4 Å². The summed E-state index contributed by atoms with van der Waals surface area (Å²) in [6.07, 6.45) is 0.928. The lowest BCUT2D eigenvalue weighted by Crippen LogP contribution is -2.33. The fourth-order valence-corrected chi connectivity index (χ4v) is 2.12. The molecule has 1 fully saturated rings. The van der Waals surface area contributed by atoms with Gasteiger partial charge < -0.3 is 20.1 Å². The number of anilines is 1. The highest BCUT2D eigenvalue weighted by atomic mass is 19.3. The summed E-state index contributed by atoms with van der Waals surface area (Å²) in [7, 11) is 0. The first-order chi connectivity index (χ1) is 10.1. The molecule has 0 aliphatic carbocycles. The average Bonchev–Trinajstić information content (AvgIpc) is 2.94. The number of hydrogen-bond donors (Lipinski definition) is 2. The molecule has 0 saturated carbocycles. The van der Waals surface area contributed by atoms with Crippen molar-refractivity contribution in [2.75, 3.05) is 25.1 Å². The molecule has 1 heterocycles. The van der Waals surface area contributed by atoms with Crippen molar-refractivity contribution in [3.8, 4) is 5.75 Å². The number of carbonyl (C=O) groups excluding carboxylic acids is 1. The van der Waals surface area contributed by atoms with Crippen molar-refractivity contribution < 1.29 is 23.0 Å². The van der Waals surface area contributed by atoms with Crippen LogP contribution < -0.4 is 15.4 Å². The van der Waals surface area contributed by atoms with Crippen LogP contribution >= 0.6 is 0 Å². The summed E-state index contributed by atoms with van der Waals surface area (Å²) in [6.45, 7) is 0.614. The summed E-state index contributed by atoms with van der Waals surface area (Å²) in [5, 5.41) is 5.37. The SMILES string of the molecule is Cc1c(NC(=O)NC[C@H]2CCOC2)cccc1OC(F)F. The molecule has 1 aliphatic heterocycles. The molecule has 116 valence electrons. The smallest absolute Gasteiger partial charge is 0.387 e. The van der Waals surface area contributed by atoms with Crippen molar-refractivity contribution in [3.63, 3.8) is 0 Å². The fraction of sp³-hybridized carbons (Fsp3) is 0.500. The molecule has 0 unspecified atom stereocenters. The summed E-state index contributed by atoms with van der Waals surface area (Å²) < 4.78 is 34.1. The molecule has 2 amide bonds. The van der Waals surface area contributed by atoms with Crippen molar-refractivity contribution in [1.29, 1.82) is 0 Å². The Labute approximate surface area is 121 Å². The van der Waals surface area contributed by atoms with Crippen molar-refractivity contribution in [2.45, 2.75) is 20.0 Å². The number of amides is 2. The molecule has 1 aromatic carbocycles. The lowest BCUT2D eigenvalue weighted by Gasteiger charge is -2.14. The monoisotopic (exact) mass is 300 g/mol. The molecule has 21 heavy (non-hydrogen) atoms. The molecule has 1 aromatic rings. The average molecular weight is 300 g/mol. The van der Waals surface area contributed by atoms with Gasteiger partial charge in [0.15, 0.2) is 0 Å². The molecule has 1 atom stereocenters. The van der Waals surface area contributed by atoms with E-state index < -0.39 is 6.61 Å². The number of benzene rings is 1. The Bertz CT molecular complexity index is 491. The number of ether oxygens (including phenoxy) is 2. The highest BCUT2D eigenvalue weighted by Gasteiger charge is 2.17. The maximum absolute atomic E-state index is 12.3. The van der Waals surface area contributed by atoms with Gasteiger partial charge in [0.05, 0.1) is 6.61 Å². The van der Waals surface area contributed by atoms with E-state index in [1.165, 1.54) is 6.07 Å². The number of nitrogens with one attached hydrogen (secondary N) is 2. The Hall–Kier alpha value is -1.89. The van der Waals surface area contributed by atoms with Crippen molar-refractivity contribution in [2.24, 2.45) is 5.92 Å². The Morgan fingerprint density at radius 3 is 3.00 bits per heavy atom. The molecule has 1 aliphatic rings. The zero-order valence-electron chi connectivity index (χ0n) is 11.7. The Morgan fingerprint density at radius 1 is 1.52 bits per heavy atom. The number of hydrogen-bond acceptors (Lipinski definition) is 3. The quantitative estimate of drug-likeness (QED) is 0.879. The molecular weight excluding hydrogens is 282 g/mol. The molecule has 1 saturated heterocycles.